The molecule has 2 aromatic carbocycles. The zero-order valence-electron chi connectivity index (χ0n) is 18.9. The number of aryl methyl sites for hydroxylation is 1. The minimum Gasteiger partial charge on any atom is -0.481 e. The molecule has 0 amide bonds. The first kappa shape index (κ1) is 23.3. The van der Waals surface area contributed by atoms with Crippen molar-refractivity contribution in [3.05, 3.63) is 86.3 Å². The number of anilines is 2. The predicted molar refractivity (Wildman–Crippen MR) is 131 cm³/mol. The summed E-state index contributed by atoms with van der Waals surface area (Å²) in [6.07, 6.45) is 1.94. The van der Waals surface area contributed by atoms with Gasteiger partial charge in [0.1, 0.15) is 0 Å². The average molecular weight is 482 g/mol. The van der Waals surface area contributed by atoms with Crippen LogP contribution in [-0.2, 0) is 24.9 Å². The lowest BCUT2D eigenvalue weighted by Gasteiger charge is -2.21. The van der Waals surface area contributed by atoms with Crippen molar-refractivity contribution in [2.75, 3.05) is 5.32 Å². The van der Waals surface area contributed by atoms with Crippen molar-refractivity contribution in [2.45, 2.75) is 26.9 Å². The van der Waals surface area contributed by atoms with Gasteiger partial charge in [0.15, 0.2) is 0 Å². The molecule has 4 rings (SSSR count). The molecule has 176 valence electrons. The SMILES string of the molecule is Cn1ccc2cc(Nc3nc(=O)n(CC(C)(C)C(=O)O)c(=O)n3Cc3ccc(Cl)cc3)ccc21. The highest BCUT2D eigenvalue weighted by Crippen LogP contribution is 2.22. The largest absolute Gasteiger partial charge is 0.481 e. The van der Waals surface area contributed by atoms with E-state index in [9.17, 15) is 19.5 Å². The number of carboxylic acid groups (broad SMARTS) is 1. The second-order valence-corrected chi connectivity index (χ2v) is 9.25. The molecule has 4 aromatic rings. The van der Waals surface area contributed by atoms with E-state index < -0.39 is 22.8 Å². The summed E-state index contributed by atoms with van der Waals surface area (Å²) in [4.78, 5) is 41.9. The molecular weight excluding hydrogens is 458 g/mol. The van der Waals surface area contributed by atoms with Crippen molar-refractivity contribution < 1.29 is 9.90 Å². The normalized spacial score (nSPS) is 11.6. The molecule has 0 radical (unpaired) electrons. The molecule has 0 unspecified atom stereocenters. The maximum Gasteiger partial charge on any atom is 0.354 e. The molecule has 0 bridgehead atoms. The van der Waals surface area contributed by atoms with E-state index in [0.717, 1.165) is 21.0 Å². The summed E-state index contributed by atoms with van der Waals surface area (Å²) in [7, 11) is 1.94. The molecule has 0 saturated carbocycles. The molecule has 0 fully saturated rings. The van der Waals surface area contributed by atoms with Crippen LogP contribution in [-0.4, -0.2) is 29.8 Å². The van der Waals surface area contributed by atoms with E-state index in [-0.39, 0.29) is 19.0 Å². The molecule has 0 spiro atoms. The Bertz CT molecular complexity index is 1500. The third-order valence-electron chi connectivity index (χ3n) is 5.68. The topological polar surface area (TPSA) is 111 Å². The van der Waals surface area contributed by atoms with Crippen LogP contribution in [0.1, 0.15) is 19.4 Å². The zero-order chi connectivity index (χ0) is 24.6. The van der Waals surface area contributed by atoms with Crippen LogP contribution < -0.4 is 16.7 Å². The van der Waals surface area contributed by atoms with Crippen LogP contribution in [0.4, 0.5) is 11.6 Å². The Morgan fingerprint density at radius 2 is 1.79 bits per heavy atom. The number of aliphatic carboxylic acids is 1. The van der Waals surface area contributed by atoms with Gasteiger partial charge in [0.2, 0.25) is 5.95 Å². The van der Waals surface area contributed by atoms with Gasteiger partial charge in [-0.1, -0.05) is 23.7 Å². The number of carboxylic acids is 1. The first-order valence-corrected chi connectivity index (χ1v) is 10.9. The molecule has 34 heavy (non-hydrogen) atoms. The minimum atomic E-state index is -1.34. The number of aromatic nitrogens is 4. The number of nitrogens with zero attached hydrogens (tertiary/aromatic N) is 4. The molecule has 0 saturated heterocycles. The number of nitrogens with one attached hydrogen (secondary N) is 1. The predicted octanol–water partition coefficient (Wildman–Crippen LogP) is 3.45. The number of rotatable bonds is 7. The highest BCUT2D eigenvalue weighted by molar-refractivity contribution is 6.30. The molecular formula is C24H24ClN5O4. The van der Waals surface area contributed by atoms with E-state index >= 15 is 0 Å². The van der Waals surface area contributed by atoms with E-state index in [1.807, 2.05) is 42.1 Å². The summed E-state index contributed by atoms with van der Waals surface area (Å²) in [6.45, 7) is 2.69. The first-order valence-electron chi connectivity index (χ1n) is 10.6. The Morgan fingerprint density at radius 1 is 1.09 bits per heavy atom. The van der Waals surface area contributed by atoms with Crippen LogP contribution in [0.2, 0.25) is 5.02 Å². The second-order valence-electron chi connectivity index (χ2n) is 8.81. The van der Waals surface area contributed by atoms with Crippen molar-refractivity contribution in [2.24, 2.45) is 12.5 Å². The Balaban J connectivity index is 1.81. The summed E-state index contributed by atoms with van der Waals surface area (Å²) >= 11 is 5.99. The quantitative estimate of drug-likeness (QED) is 0.418. The number of carbonyl (C=O) groups is 1. The van der Waals surface area contributed by atoms with Crippen molar-refractivity contribution in [3.8, 4) is 0 Å². The van der Waals surface area contributed by atoms with Crippen LogP contribution in [0.15, 0.2) is 64.3 Å². The van der Waals surface area contributed by atoms with Crippen molar-refractivity contribution in [1.82, 2.24) is 18.7 Å². The lowest BCUT2D eigenvalue weighted by atomic mass is 9.94. The molecule has 2 aromatic heterocycles. The fourth-order valence-corrected chi connectivity index (χ4v) is 3.75. The Kier molecular flexibility index (Phi) is 6.05. The molecule has 2 N–H and O–H groups in total. The maximum atomic E-state index is 13.4. The number of hydrogen-bond donors (Lipinski definition) is 2. The average Bonchev–Trinajstić information content (AvgIpc) is 3.15. The molecule has 0 aliphatic carbocycles. The monoisotopic (exact) mass is 481 g/mol. The van der Waals surface area contributed by atoms with E-state index in [0.29, 0.717) is 10.7 Å². The Morgan fingerprint density at radius 3 is 2.47 bits per heavy atom. The molecule has 10 heteroatoms. The number of hydrogen-bond acceptors (Lipinski definition) is 5. The molecule has 0 aliphatic rings. The summed E-state index contributed by atoms with van der Waals surface area (Å²) < 4.78 is 4.16. The van der Waals surface area contributed by atoms with Crippen LogP contribution in [0, 0.1) is 5.41 Å². The lowest BCUT2D eigenvalue weighted by Crippen LogP contribution is -2.46. The van der Waals surface area contributed by atoms with Gasteiger partial charge < -0.3 is 15.0 Å². The van der Waals surface area contributed by atoms with Gasteiger partial charge >= 0.3 is 17.3 Å². The second kappa shape index (κ2) is 8.83. The molecule has 0 atom stereocenters. The van der Waals surface area contributed by atoms with Gasteiger partial charge in [0.25, 0.3) is 0 Å². The highest BCUT2D eigenvalue weighted by atomic mass is 35.5. The zero-order valence-corrected chi connectivity index (χ0v) is 19.7. The number of benzene rings is 2. The fourth-order valence-electron chi connectivity index (χ4n) is 3.63. The van der Waals surface area contributed by atoms with Gasteiger partial charge in [-0.25, -0.2) is 14.2 Å². The van der Waals surface area contributed by atoms with Gasteiger partial charge in [0.05, 0.1) is 12.0 Å². The lowest BCUT2D eigenvalue weighted by molar-refractivity contribution is -0.147. The Labute approximate surface area is 199 Å². The third-order valence-corrected chi connectivity index (χ3v) is 5.93. The third kappa shape index (κ3) is 4.60. The maximum absolute atomic E-state index is 13.4. The summed E-state index contributed by atoms with van der Waals surface area (Å²) in [5.41, 5.74) is -0.377. The van der Waals surface area contributed by atoms with Gasteiger partial charge in [-0.3, -0.25) is 9.36 Å². The fraction of sp³-hybridized carbons (Fsp3) is 0.250. The number of halogens is 1. The summed E-state index contributed by atoms with van der Waals surface area (Å²) in [5, 5.41) is 14.1. The van der Waals surface area contributed by atoms with E-state index in [4.69, 9.17) is 11.6 Å². The van der Waals surface area contributed by atoms with Gasteiger partial charge in [-0.2, -0.15) is 4.98 Å². The highest BCUT2D eigenvalue weighted by Gasteiger charge is 2.30. The van der Waals surface area contributed by atoms with Gasteiger partial charge in [-0.15, -0.1) is 0 Å². The summed E-state index contributed by atoms with van der Waals surface area (Å²) in [6, 6.07) is 14.6. The minimum absolute atomic E-state index is 0.0598. The van der Waals surface area contributed by atoms with Gasteiger partial charge in [-0.05, 0) is 55.8 Å². The molecule has 2 heterocycles. The van der Waals surface area contributed by atoms with Crippen LogP contribution >= 0.6 is 11.6 Å². The van der Waals surface area contributed by atoms with Crippen molar-refractivity contribution in [1.29, 1.82) is 0 Å². The van der Waals surface area contributed by atoms with Crippen molar-refractivity contribution >= 4 is 40.1 Å². The van der Waals surface area contributed by atoms with Gasteiger partial charge in [0, 0.05) is 41.4 Å². The molecule has 9 nitrogen and oxygen atoms in total. The standard InChI is InChI=1S/C24H24ClN5O4/c1-24(2,20(31)32)14-30-22(33)27-21(26-18-8-9-19-16(12-18)10-11-28(19)3)29(23(30)34)13-15-4-6-17(25)7-5-15/h4-12H,13-14H2,1-3H3,(H,31,32)(H,26,27,33). The van der Waals surface area contributed by atoms with E-state index in [1.54, 1.807) is 24.3 Å². The van der Waals surface area contributed by atoms with E-state index in [1.165, 1.54) is 18.4 Å². The smallest absolute Gasteiger partial charge is 0.354 e. The van der Waals surface area contributed by atoms with Crippen LogP contribution in [0.5, 0.6) is 0 Å². The number of fused-ring (bicyclic) bond motifs is 1. The Hall–Kier alpha value is -3.85. The van der Waals surface area contributed by atoms with Crippen LogP contribution in [0.25, 0.3) is 10.9 Å². The molecule has 0 aliphatic heterocycles. The van der Waals surface area contributed by atoms with Crippen LogP contribution in [0.3, 0.4) is 0 Å². The van der Waals surface area contributed by atoms with E-state index in [2.05, 4.69) is 10.3 Å². The van der Waals surface area contributed by atoms with Crippen molar-refractivity contribution in [3.63, 3.8) is 0 Å². The summed E-state index contributed by atoms with van der Waals surface area (Å²) in [5.74, 6) is -1.06. The first-order chi connectivity index (χ1) is 16.0.